The van der Waals surface area contributed by atoms with Gasteiger partial charge in [-0.15, -0.1) is 10.2 Å². The molecule has 0 aliphatic carbocycles. The van der Waals surface area contributed by atoms with Gasteiger partial charge in [-0.3, -0.25) is 4.79 Å². The minimum atomic E-state index is 0.143. The first kappa shape index (κ1) is 20.1. The number of benzene rings is 1. The Bertz CT molecular complexity index is 784. The Hall–Kier alpha value is -2.61. The van der Waals surface area contributed by atoms with Gasteiger partial charge in [0.05, 0.1) is 20.6 Å². The van der Waals surface area contributed by atoms with E-state index in [1.54, 1.807) is 14.2 Å². The molecule has 0 atom stereocenters. The van der Waals surface area contributed by atoms with E-state index >= 15 is 0 Å². The van der Waals surface area contributed by atoms with Crippen LogP contribution in [0.25, 0.3) is 0 Å². The van der Waals surface area contributed by atoms with Gasteiger partial charge in [0.25, 0.3) is 0 Å². The second-order valence-corrected chi connectivity index (χ2v) is 6.76. The molecule has 0 bridgehead atoms. The van der Waals surface area contributed by atoms with Gasteiger partial charge in [-0.05, 0) is 24.7 Å². The van der Waals surface area contributed by atoms with E-state index < -0.39 is 0 Å². The highest BCUT2D eigenvalue weighted by molar-refractivity contribution is 5.76. The summed E-state index contributed by atoms with van der Waals surface area (Å²) in [5.74, 6) is 2.60. The van der Waals surface area contributed by atoms with Crippen LogP contribution in [-0.2, 0) is 17.6 Å². The third kappa shape index (κ3) is 5.01. The summed E-state index contributed by atoms with van der Waals surface area (Å²) in [7, 11) is 3.24. The fourth-order valence-corrected chi connectivity index (χ4v) is 3.33. The molecular formula is C20H28N4O4. The van der Waals surface area contributed by atoms with Gasteiger partial charge in [-0.2, -0.15) is 0 Å². The lowest BCUT2D eigenvalue weighted by Gasteiger charge is -2.34. The van der Waals surface area contributed by atoms with Crippen molar-refractivity contribution < 1.29 is 18.7 Å². The molecule has 2 aromatic rings. The van der Waals surface area contributed by atoms with Crippen molar-refractivity contribution in [3.05, 3.63) is 35.5 Å². The number of aromatic nitrogens is 2. The summed E-state index contributed by atoms with van der Waals surface area (Å²) in [6, 6.07) is 5.58. The van der Waals surface area contributed by atoms with E-state index in [2.05, 4.69) is 22.0 Å². The molecular weight excluding hydrogens is 360 g/mol. The molecule has 3 rings (SSSR count). The molecule has 8 nitrogen and oxygen atoms in total. The van der Waals surface area contributed by atoms with E-state index in [0.717, 1.165) is 49.8 Å². The summed E-state index contributed by atoms with van der Waals surface area (Å²) in [4.78, 5) is 16.7. The zero-order valence-electron chi connectivity index (χ0n) is 16.8. The highest BCUT2D eigenvalue weighted by Gasteiger charge is 2.20. The summed E-state index contributed by atoms with van der Waals surface area (Å²) in [6.45, 7) is 6.63. The zero-order chi connectivity index (χ0) is 19.9. The number of nitrogens with zero attached hydrogens (tertiary/aromatic N) is 4. The molecule has 2 heterocycles. The highest BCUT2D eigenvalue weighted by Crippen LogP contribution is 2.26. The second kappa shape index (κ2) is 9.54. The van der Waals surface area contributed by atoms with Gasteiger partial charge in [0, 0.05) is 44.6 Å². The van der Waals surface area contributed by atoms with Crippen molar-refractivity contribution in [2.45, 2.75) is 26.2 Å². The number of aryl methyl sites for hydroxylation is 1. The minimum Gasteiger partial charge on any atom is -0.497 e. The molecule has 152 valence electrons. The maximum absolute atomic E-state index is 12.4. The number of amides is 1. The number of hydrogen-bond acceptors (Lipinski definition) is 7. The summed E-state index contributed by atoms with van der Waals surface area (Å²) >= 11 is 0. The molecule has 0 spiro atoms. The largest absolute Gasteiger partial charge is 0.497 e. The third-order valence-electron chi connectivity index (χ3n) is 5.06. The molecule has 1 aliphatic heterocycles. The van der Waals surface area contributed by atoms with Crippen molar-refractivity contribution in [2.75, 3.05) is 46.9 Å². The van der Waals surface area contributed by atoms with Gasteiger partial charge in [0.1, 0.15) is 11.5 Å². The maximum atomic E-state index is 12.4. The number of likely N-dealkylation sites (N-methyl/N-ethyl adjacent to an activating group) is 1. The average molecular weight is 388 g/mol. The van der Waals surface area contributed by atoms with Gasteiger partial charge in [0.15, 0.2) is 0 Å². The molecule has 0 unspecified atom stereocenters. The molecule has 1 aromatic carbocycles. The van der Waals surface area contributed by atoms with Crippen LogP contribution in [0.4, 0.5) is 0 Å². The van der Waals surface area contributed by atoms with E-state index in [4.69, 9.17) is 13.9 Å². The Morgan fingerprint density at radius 2 is 1.86 bits per heavy atom. The minimum absolute atomic E-state index is 0.143. The number of carbonyl (C=O) groups excluding carboxylic acids is 1. The fourth-order valence-electron chi connectivity index (χ4n) is 3.33. The number of hydrogen-bond donors (Lipinski definition) is 0. The quantitative estimate of drug-likeness (QED) is 0.682. The molecule has 8 heteroatoms. The Kier molecular flexibility index (Phi) is 6.86. The number of ether oxygens (including phenoxy) is 2. The van der Waals surface area contributed by atoms with Crippen LogP contribution in [-0.4, -0.2) is 72.8 Å². The topological polar surface area (TPSA) is 80.9 Å². The van der Waals surface area contributed by atoms with Gasteiger partial charge in [-0.25, -0.2) is 0 Å². The predicted molar refractivity (Wildman–Crippen MR) is 104 cm³/mol. The van der Waals surface area contributed by atoms with Crippen molar-refractivity contribution in [3.63, 3.8) is 0 Å². The lowest BCUT2D eigenvalue weighted by molar-refractivity contribution is -0.132. The van der Waals surface area contributed by atoms with Crippen LogP contribution in [0.3, 0.4) is 0 Å². The normalized spacial score (nSPS) is 14.9. The first-order chi connectivity index (χ1) is 13.6. The number of piperazine rings is 1. The average Bonchev–Trinajstić information content (AvgIpc) is 3.19. The van der Waals surface area contributed by atoms with E-state index in [-0.39, 0.29) is 5.91 Å². The molecule has 0 saturated carbocycles. The van der Waals surface area contributed by atoms with E-state index in [9.17, 15) is 4.79 Å². The van der Waals surface area contributed by atoms with Crippen LogP contribution in [0.15, 0.2) is 22.6 Å². The summed E-state index contributed by atoms with van der Waals surface area (Å²) < 4.78 is 16.4. The fraction of sp³-hybridized carbons (Fsp3) is 0.550. The lowest BCUT2D eigenvalue weighted by atomic mass is 10.1. The van der Waals surface area contributed by atoms with Crippen molar-refractivity contribution in [1.29, 1.82) is 0 Å². The lowest BCUT2D eigenvalue weighted by Crippen LogP contribution is -2.48. The highest BCUT2D eigenvalue weighted by atomic mass is 16.5. The maximum Gasteiger partial charge on any atom is 0.223 e. The number of rotatable bonds is 8. The Morgan fingerprint density at radius 3 is 2.54 bits per heavy atom. The Morgan fingerprint density at radius 1 is 1.11 bits per heavy atom. The van der Waals surface area contributed by atoms with Gasteiger partial charge >= 0.3 is 0 Å². The van der Waals surface area contributed by atoms with E-state index in [0.29, 0.717) is 31.0 Å². The van der Waals surface area contributed by atoms with Crippen LogP contribution in [0.2, 0.25) is 0 Å². The SMILES string of the molecule is CCN1CCN(C(=O)CCc2nnc(Cc3cc(OC)ccc3OC)o2)CC1. The summed E-state index contributed by atoms with van der Waals surface area (Å²) in [6.07, 6.45) is 1.28. The molecule has 1 saturated heterocycles. The number of methoxy groups -OCH3 is 2. The molecule has 0 N–H and O–H groups in total. The molecule has 28 heavy (non-hydrogen) atoms. The van der Waals surface area contributed by atoms with Crippen LogP contribution in [0.1, 0.15) is 30.7 Å². The van der Waals surface area contributed by atoms with Crippen LogP contribution in [0, 0.1) is 0 Å². The third-order valence-corrected chi connectivity index (χ3v) is 5.06. The Labute approximate surface area is 165 Å². The molecule has 1 fully saturated rings. The second-order valence-electron chi connectivity index (χ2n) is 6.76. The molecule has 0 radical (unpaired) electrons. The monoisotopic (exact) mass is 388 g/mol. The van der Waals surface area contributed by atoms with Gasteiger partial charge < -0.3 is 23.7 Å². The molecule has 1 amide bonds. The van der Waals surface area contributed by atoms with Gasteiger partial charge in [-0.1, -0.05) is 6.92 Å². The first-order valence-corrected chi connectivity index (χ1v) is 9.65. The zero-order valence-corrected chi connectivity index (χ0v) is 16.8. The van der Waals surface area contributed by atoms with E-state index in [1.807, 2.05) is 23.1 Å². The van der Waals surface area contributed by atoms with Crippen molar-refractivity contribution in [3.8, 4) is 11.5 Å². The summed E-state index contributed by atoms with van der Waals surface area (Å²) in [5.41, 5.74) is 0.905. The van der Waals surface area contributed by atoms with Crippen LogP contribution >= 0.6 is 0 Å². The smallest absolute Gasteiger partial charge is 0.223 e. The molecule has 1 aliphatic rings. The van der Waals surface area contributed by atoms with Crippen molar-refractivity contribution in [1.82, 2.24) is 20.0 Å². The standard InChI is InChI=1S/C20H28N4O4/c1-4-23-9-11-24(12-10-23)20(25)8-7-18-21-22-19(28-18)14-15-13-16(26-2)5-6-17(15)27-3/h5-6,13H,4,7-12,14H2,1-3H3. The van der Waals surface area contributed by atoms with Crippen molar-refractivity contribution >= 4 is 5.91 Å². The number of carbonyl (C=O) groups is 1. The van der Waals surface area contributed by atoms with E-state index in [1.165, 1.54) is 0 Å². The first-order valence-electron chi connectivity index (χ1n) is 9.65. The van der Waals surface area contributed by atoms with Crippen molar-refractivity contribution in [2.24, 2.45) is 0 Å². The Balaban J connectivity index is 1.54. The summed E-state index contributed by atoms with van der Waals surface area (Å²) in [5, 5.41) is 8.19. The van der Waals surface area contributed by atoms with Crippen LogP contribution < -0.4 is 9.47 Å². The van der Waals surface area contributed by atoms with Crippen LogP contribution in [0.5, 0.6) is 11.5 Å². The predicted octanol–water partition coefficient (Wildman–Crippen LogP) is 1.77. The van der Waals surface area contributed by atoms with Gasteiger partial charge in [0.2, 0.25) is 17.7 Å². The molecule has 1 aromatic heterocycles.